The Labute approximate surface area is 210 Å². The van der Waals surface area contributed by atoms with E-state index in [9.17, 15) is 4.79 Å². The van der Waals surface area contributed by atoms with Gasteiger partial charge < -0.3 is 10.1 Å². The first-order chi connectivity index (χ1) is 16.9. The quantitative estimate of drug-likeness (QED) is 0.350. The number of likely N-dealkylation sites (tertiary alicyclic amines) is 1. The van der Waals surface area contributed by atoms with Gasteiger partial charge in [0.1, 0.15) is 11.9 Å². The molecule has 1 fully saturated rings. The van der Waals surface area contributed by atoms with E-state index in [1.54, 1.807) is 0 Å². The fourth-order valence-corrected chi connectivity index (χ4v) is 4.78. The van der Waals surface area contributed by atoms with E-state index in [-0.39, 0.29) is 24.0 Å². The van der Waals surface area contributed by atoms with E-state index < -0.39 is 0 Å². The van der Waals surface area contributed by atoms with E-state index in [0.717, 1.165) is 46.6 Å². The average Bonchev–Trinajstić information content (AvgIpc) is 3.25. The third-order valence-corrected chi connectivity index (χ3v) is 6.82. The molecule has 5 rings (SSSR count). The van der Waals surface area contributed by atoms with Gasteiger partial charge in [-0.25, -0.2) is 0 Å². The summed E-state index contributed by atoms with van der Waals surface area (Å²) in [5.74, 6) is 0.881. The van der Waals surface area contributed by atoms with Crippen LogP contribution in [-0.4, -0.2) is 47.2 Å². The number of aromatic nitrogens is 2. The second-order valence-corrected chi connectivity index (χ2v) is 9.94. The molecule has 180 valence electrons. The SMILES string of the molecule is CC(C)C(NC(=O)c1ccc2[nH]nc(-c3ccc(OC4CN(C)C4)cc3)c2c1)c1ccccc1Cl. The number of nitrogens with zero attached hydrogens (tertiary/aromatic N) is 2. The van der Waals surface area contributed by atoms with Gasteiger partial charge in [0.05, 0.1) is 17.3 Å². The minimum atomic E-state index is -0.196. The topological polar surface area (TPSA) is 70.2 Å². The van der Waals surface area contributed by atoms with Crippen molar-refractivity contribution in [2.75, 3.05) is 20.1 Å². The molecule has 0 spiro atoms. The summed E-state index contributed by atoms with van der Waals surface area (Å²) in [5, 5.41) is 12.3. The molecule has 1 unspecified atom stereocenters. The number of likely N-dealkylation sites (N-methyl/N-ethyl adjacent to an activating group) is 1. The number of amides is 1. The number of halogens is 1. The molecule has 3 aromatic carbocycles. The maximum atomic E-state index is 13.3. The Morgan fingerprint density at radius 2 is 1.86 bits per heavy atom. The van der Waals surface area contributed by atoms with Crippen LogP contribution in [0.4, 0.5) is 0 Å². The van der Waals surface area contributed by atoms with Crippen molar-refractivity contribution in [3.63, 3.8) is 0 Å². The van der Waals surface area contributed by atoms with E-state index in [4.69, 9.17) is 16.3 Å². The molecule has 1 amide bonds. The Kier molecular flexibility index (Phi) is 6.50. The van der Waals surface area contributed by atoms with Crippen LogP contribution in [0.3, 0.4) is 0 Å². The molecule has 1 atom stereocenters. The molecule has 1 aromatic heterocycles. The van der Waals surface area contributed by atoms with Crippen molar-refractivity contribution in [1.29, 1.82) is 0 Å². The lowest BCUT2D eigenvalue weighted by atomic mass is 9.95. The Hall–Kier alpha value is -3.35. The standard InChI is InChI=1S/C28H29ClN4O2/c1-17(2)26(22-6-4-5-7-24(22)29)30-28(34)19-10-13-25-23(14-19)27(32-31-25)18-8-11-20(12-9-18)35-21-15-33(3)16-21/h4-14,17,21,26H,15-16H2,1-3H3,(H,30,34)(H,31,32). The van der Waals surface area contributed by atoms with E-state index in [1.807, 2.05) is 66.7 Å². The first-order valence-electron chi connectivity index (χ1n) is 11.9. The summed E-state index contributed by atoms with van der Waals surface area (Å²) >= 11 is 6.43. The molecular formula is C28H29ClN4O2. The minimum absolute atomic E-state index is 0.146. The number of aromatic amines is 1. The summed E-state index contributed by atoms with van der Waals surface area (Å²) in [7, 11) is 2.08. The molecule has 1 aliphatic heterocycles. The zero-order valence-corrected chi connectivity index (χ0v) is 20.8. The van der Waals surface area contributed by atoms with Gasteiger partial charge >= 0.3 is 0 Å². The average molecular weight is 489 g/mol. The van der Waals surface area contributed by atoms with Crippen molar-refractivity contribution in [3.05, 3.63) is 82.9 Å². The van der Waals surface area contributed by atoms with Crippen molar-refractivity contribution in [2.45, 2.75) is 26.0 Å². The fourth-order valence-electron chi connectivity index (χ4n) is 4.53. The first-order valence-corrected chi connectivity index (χ1v) is 12.3. The Balaban J connectivity index is 1.38. The zero-order valence-electron chi connectivity index (χ0n) is 20.1. The predicted molar refractivity (Wildman–Crippen MR) is 140 cm³/mol. The summed E-state index contributed by atoms with van der Waals surface area (Å²) in [6, 6.07) is 21.0. The molecule has 4 aromatic rings. The third kappa shape index (κ3) is 4.90. The van der Waals surface area contributed by atoms with E-state index in [1.165, 1.54) is 0 Å². The Morgan fingerprint density at radius 1 is 1.11 bits per heavy atom. The number of rotatable bonds is 7. The largest absolute Gasteiger partial charge is 0.488 e. The lowest BCUT2D eigenvalue weighted by Crippen LogP contribution is -2.51. The lowest BCUT2D eigenvalue weighted by Gasteiger charge is -2.36. The number of nitrogens with one attached hydrogen (secondary N) is 2. The highest BCUT2D eigenvalue weighted by Gasteiger charge is 2.25. The van der Waals surface area contributed by atoms with Crippen LogP contribution < -0.4 is 10.1 Å². The minimum Gasteiger partial charge on any atom is -0.488 e. The highest BCUT2D eigenvalue weighted by molar-refractivity contribution is 6.31. The molecular weight excluding hydrogens is 460 g/mol. The van der Waals surface area contributed by atoms with Gasteiger partial charge in [0.2, 0.25) is 0 Å². The molecule has 35 heavy (non-hydrogen) atoms. The first kappa shape index (κ1) is 23.4. The van der Waals surface area contributed by atoms with Gasteiger partial charge in [-0.15, -0.1) is 0 Å². The number of carbonyl (C=O) groups is 1. The summed E-state index contributed by atoms with van der Waals surface area (Å²) in [4.78, 5) is 15.5. The number of hydrogen-bond acceptors (Lipinski definition) is 4. The van der Waals surface area contributed by atoms with Gasteiger partial charge in [0.25, 0.3) is 5.91 Å². The van der Waals surface area contributed by atoms with Gasteiger partial charge in [0.15, 0.2) is 0 Å². The molecule has 0 radical (unpaired) electrons. The number of carbonyl (C=O) groups excluding carboxylic acids is 1. The lowest BCUT2D eigenvalue weighted by molar-refractivity contribution is 0.0388. The zero-order chi connectivity index (χ0) is 24.5. The van der Waals surface area contributed by atoms with Crippen molar-refractivity contribution in [2.24, 2.45) is 5.92 Å². The van der Waals surface area contributed by atoms with Gasteiger partial charge in [-0.2, -0.15) is 5.10 Å². The maximum Gasteiger partial charge on any atom is 0.251 e. The molecule has 2 heterocycles. The van der Waals surface area contributed by atoms with Crippen molar-refractivity contribution < 1.29 is 9.53 Å². The summed E-state index contributed by atoms with van der Waals surface area (Å²) < 4.78 is 6.00. The summed E-state index contributed by atoms with van der Waals surface area (Å²) in [6.07, 6.45) is 0.249. The smallest absolute Gasteiger partial charge is 0.251 e. The van der Waals surface area contributed by atoms with Crippen LogP contribution in [0.1, 0.15) is 35.8 Å². The second kappa shape index (κ2) is 9.72. The van der Waals surface area contributed by atoms with Crippen LogP contribution >= 0.6 is 11.6 Å². The number of ether oxygens (including phenoxy) is 1. The molecule has 0 saturated carbocycles. The molecule has 7 heteroatoms. The van der Waals surface area contributed by atoms with Gasteiger partial charge in [0, 0.05) is 34.6 Å². The number of H-pyrrole nitrogens is 1. The van der Waals surface area contributed by atoms with Crippen molar-refractivity contribution in [1.82, 2.24) is 20.4 Å². The molecule has 2 N–H and O–H groups in total. The Morgan fingerprint density at radius 3 is 2.54 bits per heavy atom. The maximum absolute atomic E-state index is 13.3. The van der Waals surface area contributed by atoms with Crippen LogP contribution in [-0.2, 0) is 0 Å². The summed E-state index contributed by atoms with van der Waals surface area (Å²) in [6.45, 7) is 6.04. The van der Waals surface area contributed by atoms with Crippen molar-refractivity contribution >= 4 is 28.4 Å². The van der Waals surface area contributed by atoms with E-state index in [2.05, 4.69) is 41.3 Å². The van der Waals surface area contributed by atoms with Crippen LogP contribution in [0.2, 0.25) is 5.02 Å². The van der Waals surface area contributed by atoms with Crippen LogP contribution in [0.15, 0.2) is 66.7 Å². The van der Waals surface area contributed by atoms with E-state index >= 15 is 0 Å². The highest BCUT2D eigenvalue weighted by atomic mass is 35.5. The van der Waals surface area contributed by atoms with E-state index in [0.29, 0.717) is 10.6 Å². The monoisotopic (exact) mass is 488 g/mol. The van der Waals surface area contributed by atoms with Crippen LogP contribution in [0.5, 0.6) is 5.75 Å². The highest BCUT2D eigenvalue weighted by Crippen LogP contribution is 2.31. The number of hydrogen-bond donors (Lipinski definition) is 2. The van der Waals surface area contributed by atoms with Crippen LogP contribution in [0.25, 0.3) is 22.2 Å². The fraction of sp³-hybridized carbons (Fsp3) is 0.286. The second-order valence-electron chi connectivity index (χ2n) is 9.53. The van der Waals surface area contributed by atoms with Gasteiger partial charge in [-0.05, 0) is 67.1 Å². The number of fused-ring (bicyclic) bond motifs is 1. The van der Waals surface area contributed by atoms with Crippen molar-refractivity contribution in [3.8, 4) is 17.0 Å². The predicted octanol–water partition coefficient (Wildman–Crippen LogP) is 5.70. The van der Waals surface area contributed by atoms with Gasteiger partial charge in [-0.1, -0.05) is 43.6 Å². The molecule has 0 aliphatic carbocycles. The van der Waals surface area contributed by atoms with Crippen LogP contribution in [0, 0.1) is 5.92 Å². The molecule has 0 bridgehead atoms. The Bertz CT molecular complexity index is 1340. The molecule has 1 saturated heterocycles. The normalized spacial score (nSPS) is 15.2. The molecule has 6 nitrogen and oxygen atoms in total. The number of benzene rings is 3. The van der Waals surface area contributed by atoms with Gasteiger partial charge in [-0.3, -0.25) is 14.8 Å². The summed E-state index contributed by atoms with van der Waals surface area (Å²) in [5.41, 5.74) is 4.13. The molecule has 1 aliphatic rings. The third-order valence-electron chi connectivity index (χ3n) is 6.48.